The molecule has 1 aromatic carbocycles. The molecule has 2 aromatic rings. The highest BCUT2D eigenvalue weighted by Gasteiger charge is 2.32. The Balaban J connectivity index is 1.73. The standard InChI is InChI=1S/C22H32N4O2/c1-6-18-15(5)17-10-14(4)9-16(21(17)25-18)12-24-20(27)11-19-22(28)23-7-8-26(19)13(2)3/h9-10,13,19,25H,6-8,11-12H2,1-5H3,(H,23,28)(H,24,27). The van der Waals surface area contributed by atoms with Gasteiger partial charge in [0.05, 0.1) is 18.0 Å². The zero-order valence-electron chi connectivity index (χ0n) is 17.6. The molecule has 2 heterocycles. The molecular formula is C22H32N4O2. The van der Waals surface area contributed by atoms with Gasteiger partial charge < -0.3 is 15.6 Å². The Kier molecular flexibility index (Phi) is 6.08. The maximum Gasteiger partial charge on any atom is 0.237 e. The molecule has 28 heavy (non-hydrogen) atoms. The van der Waals surface area contributed by atoms with E-state index in [1.807, 2.05) is 0 Å². The quantitative estimate of drug-likeness (QED) is 0.716. The number of aromatic nitrogens is 1. The fourth-order valence-electron chi connectivity index (χ4n) is 4.21. The lowest BCUT2D eigenvalue weighted by molar-refractivity contribution is -0.134. The fourth-order valence-corrected chi connectivity index (χ4v) is 4.21. The molecule has 1 atom stereocenters. The number of benzene rings is 1. The first kappa shape index (κ1) is 20.4. The highest BCUT2D eigenvalue weighted by Crippen LogP contribution is 2.26. The second-order valence-corrected chi connectivity index (χ2v) is 8.05. The summed E-state index contributed by atoms with van der Waals surface area (Å²) in [5.41, 5.74) is 5.87. The highest BCUT2D eigenvalue weighted by atomic mass is 16.2. The number of carbonyl (C=O) groups excluding carboxylic acids is 2. The minimum Gasteiger partial charge on any atom is -0.358 e. The van der Waals surface area contributed by atoms with Gasteiger partial charge in [0.1, 0.15) is 0 Å². The summed E-state index contributed by atoms with van der Waals surface area (Å²) in [6, 6.07) is 4.14. The number of piperazine rings is 1. The molecule has 2 amide bonds. The van der Waals surface area contributed by atoms with Gasteiger partial charge in [-0.25, -0.2) is 0 Å². The molecule has 3 rings (SSSR count). The Morgan fingerprint density at radius 2 is 2.07 bits per heavy atom. The number of fused-ring (bicyclic) bond motifs is 1. The Labute approximate surface area is 167 Å². The van der Waals surface area contributed by atoms with Crippen LogP contribution in [0.3, 0.4) is 0 Å². The second-order valence-electron chi connectivity index (χ2n) is 8.05. The lowest BCUT2D eigenvalue weighted by Crippen LogP contribution is -2.58. The predicted octanol–water partition coefficient (Wildman–Crippen LogP) is 2.56. The van der Waals surface area contributed by atoms with Crippen molar-refractivity contribution in [3.8, 4) is 0 Å². The summed E-state index contributed by atoms with van der Waals surface area (Å²) in [6.45, 7) is 12.4. The summed E-state index contributed by atoms with van der Waals surface area (Å²) in [4.78, 5) is 30.5. The van der Waals surface area contributed by atoms with Gasteiger partial charge in [-0.05, 0) is 51.3 Å². The van der Waals surface area contributed by atoms with Crippen molar-refractivity contribution in [2.24, 2.45) is 0 Å². The third kappa shape index (κ3) is 4.07. The first-order valence-electron chi connectivity index (χ1n) is 10.2. The van der Waals surface area contributed by atoms with Crippen LogP contribution in [0, 0.1) is 13.8 Å². The van der Waals surface area contributed by atoms with Gasteiger partial charge in [0, 0.05) is 36.8 Å². The molecule has 1 aliphatic heterocycles. The number of aromatic amines is 1. The number of rotatable bonds is 6. The highest BCUT2D eigenvalue weighted by molar-refractivity contribution is 5.90. The molecule has 1 aliphatic rings. The maximum atomic E-state index is 12.6. The molecule has 6 heteroatoms. The van der Waals surface area contributed by atoms with Crippen LogP contribution in [0.5, 0.6) is 0 Å². The van der Waals surface area contributed by atoms with E-state index in [-0.39, 0.29) is 24.3 Å². The first-order valence-corrected chi connectivity index (χ1v) is 10.2. The number of nitrogens with zero attached hydrogens (tertiary/aromatic N) is 1. The van der Waals surface area contributed by atoms with Crippen LogP contribution >= 0.6 is 0 Å². The first-order chi connectivity index (χ1) is 13.3. The normalized spacial score (nSPS) is 17.9. The number of nitrogens with one attached hydrogen (secondary N) is 3. The molecule has 0 radical (unpaired) electrons. The molecule has 0 spiro atoms. The molecule has 0 bridgehead atoms. The zero-order chi connectivity index (χ0) is 20.4. The molecule has 1 saturated heterocycles. The number of aryl methyl sites for hydroxylation is 3. The van der Waals surface area contributed by atoms with Crippen LogP contribution in [0.2, 0.25) is 0 Å². The largest absolute Gasteiger partial charge is 0.358 e. The topological polar surface area (TPSA) is 77.2 Å². The maximum absolute atomic E-state index is 12.6. The van der Waals surface area contributed by atoms with Crippen LogP contribution in [-0.2, 0) is 22.6 Å². The summed E-state index contributed by atoms with van der Waals surface area (Å²) < 4.78 is 0. The Bertz CT molecular complexity index is 884. The van der Waals surface area contributed by atoms with Gasteiger partial charge >= 0.3 is 0 Å². The number of amides is 2. The SMILES string of the molecule is CCc1[nH]c2c(CNC(=O)CC3C(=O)NCCN3C(C)C)cc(C)cc2c1C. The number of carbonyl (C=O) groups is 2. The van der Waals surface area contributed by atoms with Crippen LogP contribution in [0.15, 0.2) is 12.1 Å². The summed E-state index contributed by atoms with van der Waals surface area (Å²) in [5.74, 6) is -0.151. The minimum absolute atomic E-state index is 0.0550. The van der Waals surface area contributed by atoms with E-state index >= 15 is 0 Å². The fraction of sp³-hybridized carbons (Fsp3) is 0.545. The van der Waals surface area contributed by atoms with E-state index in [0.29, 0.717) is 13.1 Å². The lowest BCUT2D eigenvalue weighted by Gasteiger charge is -2.37. The van der Waals surface area contributed by atoms with E-state index in [0.717, 1.165) is 24.0 Å². The van der Waals surface area contributed by atoms with Crippen molar-refractivity contribution in [3.05, 3.63) is 34.5 Å². The number of hydrogen-bond donors (Lipinski definition) is 3. The molecule has 1 unspecified atom stereocenters. The zero-order valence-corrected chi connectivity index (χ0v) is 17.6. The molecule has 6 nitrogen and oxygen atoms in total. The predicted molar refractivity (Wildman–Crippen MR) is 112 cm³/mol. The van der Waals surface area contributed by atoms with Gasteiger partial charge in [-0.1, -0.05) is 18.6 Å². The molecule has 0 saturated carbocycles. The van der Waals surface area contributed by atoms with E-state index in [1.165, 1.54) is 22.2 Å². The van der Waals surface area contributed by atoms with Gasteiger partial charge in [0.25, 0.3) is 0 Å². The molecule has 152 valence electrons. The van der Waals surface area contributed by atoms with Crippen LogP contribution in [0.4, 0.5) is 0 Å². The Morgan fingerprint density at radius 3 is 2.75 bits per heavy atom. The van der Waals surface area contributed by atoms with Crippen molar-refractivity contribution in [2.75, 3.05) is 13.1 Å². The molecule has 3 N–H and O–H groups in total. The molecular weight excluding hydrogens is 352 g/mol. The van der Waals surface area contributed by atoms with Crippen LogP contribution in [0.25, 0.3) is 10.9 Å². The van der Waals surface area contributed by atoms with E-state index < -0.39 is 6.04 Å². The van der Waals surface area contributed by atoms with Crippen molar-refractivity contribution in [2.45, 2.75) is 66.1 Å². The summed E-state index contributed by atoms with van der Waals surface area (Å²) in [5, 5.41) is 7.13. The van der Waals surface area contributed by atoms with Gasteiger partial charge in [0.2, 0.25) is 11.8 Å². The average molecular weight is 385 g/mol. The smallest absolute Gasteiger partial charge is 0.237 e. The van der Waals surface area contributed by atoms with E-state index in [9.17, 15) is 9.59 Å². The van der Waals surface area contributed by atoms with Crippen molar-refractivity contribution in [3.63, 3.8) is 0 Å². The van der Waals surface area contributed by atoms with Crippen molar-refractivity contribution < 1.29 is 9.59 Å². The third-order valence-corrected chi connectivity index (χ3v) is 5.74. The van der Waals surface area contributed by atoms with E-state index in [4.69, 9.17) is 0 Å². The van der Waals surface area contributed by atoms with Crippen molar-refractivity contribution in [1.29, 1.82) is 0 Å². The second kappa shape index (κ2) is 8.35. The third-order valence-electron chi connectivity index (χ3n) is 5.74. The van der Waals surface area contributed by atoms with Gasteiger partial charge in [-0.2, -0.15) is 0 Å². The van der Waals surface area contributed by atoms with Crippen molar-refractivity contribution >= 4 is 22.7 Å². The summed E-state index contributed by atoms with van der Waals surface area (Å²) in [6.07, 6.45) is 1.14. The van der Waals surface area contributed by atoms with Gasteiger partial charge in [-0.15, -0.1) is 0 Å². The van der Waals surface area contributed by atoms with Crippen LogP contribution in [0.1, 0.15) is 49.6 Å². The Hall–Kier alpha value is -2.34. The summed E-state index contributed by atoms with van der Waals surface area (Å²) in [7, 11) is 0. The molecule has 0 aliphatic carbocycles. The van der Waals surface area contributed by atoms with Crippen molar-refractivity contribution in [1.82, 2.24) is 20.5 Å². The van der Waals surface area contributed by atoms with Crippen LogP contribution < -0.4 is 10.6 Å². The van der Waals surface area contributed by atoms with E-state index in [2.05, 4.69) is 67.3 Å². The number of hydrogen-bond acceptors (Lipinski definition) is 3. The van der Waals surface area contributed by atoms with Gasteiger partial charge in [0.15, 0.2) is 0 Å². The molecule has 1 aromatic heterocycles. The summed E-state index contributed by atoms with van der Waals surface area (Å²) >= 11 is 0. The number of H-pyrrole nitrogens is 1. The van der Waals surface area contributed by atoms with Crippen LogP contribution in [-0.4, -0.2) is 46.9 Å². The van der Waals surface area contributed by atoms with E-state index in [1.54, 1.807) is 0 Å². The minimum atomic E-state index is -0.397. The average Bonchev–Trinajstić information content (AvgIpc) is 2.97. The lowest BCUT2D eigenvalue weighted by atomic mass is 10.0. The molecule has 1 fully saturated rings. The van der Waals surface area contributed by atoms with Gasteiger partial charge in [-0.3, -0.25) is 14.5 Å². The Morgan fingerprint density at radius 1 is 1.32 bits per heavy atom. The monoisotopic (exact) mass is 384 g/mol.